The van der Waals surface area contributed by atoms with Gasteiger partial charge in [-0.15, -0.1) is 0 Å². The number of furan rings is 1. The van der Waals surface area contributed by atoms with Crippen LogP contribution in [-0.4, -0.2) is 38.6 Å². The minimum atomic E-state index is -3.43. The van der Waals surface area contributed by atoms with Gasteiger partial charge in [0, 0.05) is 7.05 Å². The van der Waals surface area contributed by atoms with E-state index < -0.39 is 16.1 Å². The minimum Gasteiger partial charge on any atom is -0.467 e. The lowest BCUT2D eigenvalue weighted by molar-refractivity contribution is -0.132. The predicted molar refractivity (Wildman–Crippen MR) is 76.4 cm³/mol. The number of nitrogens with zero attached hydrogens (tertiary/aromatic N) is 1. The quantitative estimate of drug-likeness (QED) is 0.821. The highest BCUT2D eigenvalue weighted by Gasteiger charge is 2.26. The number of likely N-dealkylation sites (N-methyl/N-ethyl adjacent to an activating group) is 1. The Hall–Kier alpha value is -1.34. The molecular weight excluding hydrogens is 280 g/mol. The Morgan fingerprint density at radius 3 is 2.55 bits per heavy atom. The molecule has 1 aromatic rings. The molecule has 0 spiro atoms. The molecule has 0 saturated carbocycles. The summed E-state index contributed by atoms with van der Waals surface area (Å²) in [7, 11) is -1.80. The molecule has 0 aliphatic carbocycles. The van der Waals surface area contributed by atoms with Gasteiger partial charge >= 0.3 is 0 Å². The lowest BCUT2D eigenvalue weighted by Crippen LogP contribution is -2.47. The van der Waals surface area contributed by atoms with Crippen LogP contribution in [0.3, 0.4) is 0 Å². The van der Waals surface area contributed by atoms with Crippen LogP contribution in [0.25, 0.3) is 0 Å². The van der Waals surface area contributed by atoms with Crippen molar-refractivity contribution in [1.82, 2.24) is 9.62 Å². The molecule has 1 heterocycles. The average molecular weight is 302 g/mol. The van der Waals surface area contributed by atoms with Crippen molar-refractivity contribution >= 4 is 15.9 Å². The normalized spacial score (nSPS) is 13.4. The van der Waals surface area contributed by atoms with Gasteiger partial charge in [-0.05, 0) is 24.5 Å². The molecule has 1 aromatic heterocycles. The number of hydrogen-bond acceptors (Lipinski definition) is 4. The van der Waals surface area contributed by atoms with Crippen LogP contribution < -0.4 is 4.72 Å². The summed E-state index contributed by atoms with van der Waals surface area (Å²) in [4.78, 5) is 13.8. The molecule has 1 atom stereocenters. The third-order valence-electron chi connectivity index (χ3n) is 2.71. The number of amides is 1. The predicted octanol–water partition coefficient (Wildman–Crippen LogP) is 1.20. The van der Waals surface area contributed by atoms with E-state index in [2.05, 4.69) is 4.72 Å². The van der Waals surface area contributed by atoms with Gasteiger partial charge in [-0.25, -0.2) is 13.1 Å². The topological polar surface area (TPSA) is 79.6 Å². The van der Waals surface area contributed by atoms with Gasteiger partial charge < -0.3 is 9.32 Å². The highest BCUT2D eigenvalue weighted by Crippen LogP contribution is 2.11. The van der Waals surface area contributed by atoms with Crippen LogP contribution in [0.15, 0.2) is 22.8 Å². The molecule has 20 heavy (non-hydrogen) atoms. The molecule has 114 valence electrons. The van der Waals surface area contributed by atoms with Crippen molar-refractivity contribution in [2.75, 3.05) is 13.3 Å². The Morgan fingerprint density at radius 2 is 2.10 bits per heavy atom. The van der Waals surface area contributed by atoms with Crippen molar-refractivity contribution in [1.29, 1.82) is 0 Å². The van der Waals surface area contributed by atoms with E-state index in [1.807, 2.05) is 13.8 Å². The summed E-state index contributed by atoms with van der Waals surface area (Å²) in [6.07, 6.45) is 3.04. The number of hydrogen-bond donors (Lipinski definition) is 1. The van der Waals surface area contributed by atoms with Gasteiger partial charge in [0.15, 0.2) is 0 Å². The Bertz CT molecular complexity index is 523. The Morgan fingerprint density at radius 1 is 1.45 bits per heavy atom. The average Bonchev–Trinajstić information content (AvgIpc) is 2.77. The largest absolute Gasteiger partial charge is 0.467 e. The Balaban J connectivity index is 2.75. The Labute approximate surface area is 120 Å². The zero-order valence-corrected chi connectivity index (χ0v) is 13.1. The molecule has 7 heteroatoms. The van der Waals surface area contributed by atoms with E-state index in [4.69, 9.17) is 4.42 Å². The third kappa shape index (κ3) is 5.75. The van der Waals surface area contributed by atoms with Crippen molar-refractivity contribution in [2.24, 2.45) is 5.92 Å². The molecule has 1 rings (SSSR count). The lowest BCUT2D eigenvalue weighted by atomic mass is 10.0. The summed E-state index contributed by atoms with van der Waals surface area (Å²) in [5.74, 6) is 0.597. The van der Waals surface area contributed by atoms with Gasteiger partial charge in [-0.2, -0.15) is 0 Å². The lowest BCUT2D eigenvalue weighted by Gasteiger charge is -2.24. The highest BCUT2D eigenvalue weighted by molar-refractivity contribution is 7.88. The van der Waals surface area contributed by atoms with Crippen LogP contribution in [-0.2, 0) is 21.4 Å². The molecule has 0 saturated heterocycles. The van der Waals surface area contributed by atoms with E-state index in [-0.39, 0.29) is 11.8 Å². The van der Waals surface area contributed by atoms with Crippen molar-refractivity contribution in [2.45, 2.75) is 32.9 Å². The summed E-state index contributed by atoms with van der Waals surface area (Å²) >= 11 is 0. The number of rotatable bonds is 7. The maximum Gasteiger partial charge on any atom is 0.240 e. The molecule has 0 aliphatic heterocycles. The maximum absolute atomic E-state index is 12.3. The van der Waals surface area contributed by atoms with Crippen LogP contribution in [0, 0.1) is 5.92 Å². The van der Waals surface area contributed by atoms with Crippen molar-refractivity contribution < 1.29 is 17.6 Å². The van der Waals surface area contributed by atoms with E-state index in [0.29, 0.717) is 18.7 Å². The fourth-order valence-electron chi connectivity index (χ4n) is 1.91. The fourth-order valence-corrected chi connectivity index (χ4v) is 2.62. The number of sulfonamides is 1. The van der Waals surface area contributed by atoms with Gasteiger partial charge in [0.2, 0.25) is 15.9 Å². The monoisotopic (exact) mass is 302 g/mol. The third-order valence-corrected chi connectivity index (χ3v) is 3.42. The second-order valence-corrected chi connectivity index (χ2v) is 7.13. The van der Waals surface area contributed by atoms with Gasteiger partial charge in [0.05, 0.1) is 19.1 Å². The number of nitrogens with one attached hydrogen (secondary N) is 1. The van der Waals surface area contributed by atoms with Crippen LogP contribution in [0.4, 0.5) is 0 Å². The first-order chi connectivity index (χ1) is 9.19. The molecular formula is C13H22N2O4S. The van der Waals surface area contributed by atoms with E-state index in [1.54, 1.807) is 19.2 Å². The number of carbonyl (C=O) groups excluding carboxylic acids is 1. The fraction of sp³-hybridized carbons (Fsp3) is 0.615. The summed E-state index contributed by atoms with van der Waals surface area (Å²) in [5, 5.41) is 0. The molecule has 0 bridgehead atoms. The highest BCUT2D eigenvalue weighted by atomic mass is 32.2. The first-order valence-electron chi connectivity index (χ1n) is 6.43. The van der Waals surface area contributed by atoms with Gasteiger partial charge in [-0.1, -0.05) is 13.8 Å². The maximum atomic E-state index is 12.3. The summed E-state index contributed by atoms with van der Waals surface area (Å²) < 4.78 is 30.3. The van der Waals surface area contributed by atoms with Crippen LogP contribution in [0.1, 0.15) is 26.0 Å². The van der Waals surface area contributed by atoms with E-state index in [0.717, 1.165) is 6.26 Å². The molecule has 0 aromatic carbocycles. The first-order valence-corrected chi connectivity index (χ1v) is 8.33. The second kappa shape index (κ2) is 6.90. The zero-order valence-electron chi connectivity index (χ0n) is 12.3. The molecule has 1 amide bonds. The van der Waals surface area contributed by atoms with Gasteiger partial charge in [0.25, 0.3) is 0 Å². The summed E-state index contributed by atoms with van der Waals surface area (Å²) in [6.45, 7) is 4.19. The van der Waals surface area contributed by atoms with E-state index in [1.165, 1.54) is 11.2 Å². The molecule has 0 unspecified atom stereocenters. The Kier molecular flexibility index (Phi) is 5.76. The van der Waals surface area contributed by atoms with Crippen molar-refractivity contribution in [3.05, 3.63) is 24.2 Å². The van der Waals surface area contributed by atoms with Crippen LogP contribution >= 0.6 is 0 Å². The molecule has 6 nitrogen and oxygen atoms in total. The minimum absolute atomic E-state index is 0.204. The van der Waals surface area contributed by atoms with E-state index >= 15 is 0 Å². The molecule has 0 fully saturated rings. The molecule has 1 N–H and O–H groups in total. The number of carbonyl (C=O) groups is 1. The van der Waals surface area contributed by atoms with E-state index in [9.17, 15) is 13.2 Å². The zero-order chi connectivity index (χ0) is 15.3. The smallest absolute Gasteiger partial charge is 0.240 e. The van der Waals surface area contributed by atoms with Crippen molar-refractivity contribution in [3.63, 3.8) is 0 Å². The standard InChI is InChI=1S/C13H22N2O4S/c1-10(2)8-12(14-20(4,17)18)13(16)15(3)9-11-6-5-7-19-11/h5-7,10,12,14H,8-9H2,1-4H3/t12-/m1/s1. The van der Waals surface area contributed by atoms with Gasteiger partial charge in [-0.3, -0.25) is 4.79 Å². The SMILES string of the molecule is CC(C)C[C@@H](NS(C)(=O)=O)C(=O)N(C)Cc1ccco1. The molecule has 0 radical (unpaired) electrons. The van der Waals surface area contributed by atoms with Crippen molar-refractivity contribution in [3.8, 4) is 0 Å². The van der Waals surface area contributed by atoms with Crippen LogP contribution in [0.2, 0.25) is 0 Å². The van der Waals surface area contributed by atoms with Gasteiger partial charge in [0.1, 0.15) is 11.8 Å². The van der Waals surface area contributed by atoms with Crippen LogP contribution in [0.5, 0.6) is 0 Å². The summed E-state index contributed by atoms with van der Waals surface area (Å²) in [6, 6.07) is 2.77. The molecule has 0 aliphatic rings. The second-order valence-electron chi connectivity index (χ2n) is 5.35. The first kappa shape index (κ1) is 16.7. The summed E-state index contributed by atoms with van der Waals surface area (Å²) in [5.41, 5.74) is 0.